The van der Waals surface area contributed by atoms with E-state index in [2.05, 4.69) is 68.9 Å². The zero-order chi connectivity index (χ0) is 22.5. The summed E-state index contributed by atoms with van der Waals surface area (Å²) in [6.45, 7) is 5.23. The average Bonchev–Trinajstić information content (AvgIpc) is 3.14. The molecule has 0 saturated heterocycles. The van der Waals surface area contributed by atoms with Crippen LogP contribution in [0.2, 0.25) is 0 Å². The van der Waals surface area contributed by atoms with E-state index >= 15 is 0 Å². The number of benzene rings is 1. The number of ether oxygens (including phenoxy) is 1. The first-order chi connectivity index (χ1) is 15.3. The molecule has 4 aliphatic carbocycles. The van der Waals surface area contributed by atoms with E-state index in [0.29, 0.717) is 22.9 Å². The molecular formula is C30H43NO. The van der Waals surface area contributed by atoms with Crippen LogP contribution in [0.3, 0.4) is 0 Å². The Labute approximate surface area is 196 Å². The average molecular weight is 434 g/mol. The maximum atomic E-state index is 5.97. The first-order valence-electron chi connectivity index (χ1n) is 13.2. The van der Waals surface area contributed by atoms with Gasteiger partial charge in [-0.05, 0) is 117 Å². The molecular weight excluding hydrogens is 390 g/mol. The second kappa shape index (κ2) is 8.39. The van der Waals surface area contributed by atoms with E-state index in [4.69, 9.17) is 4.74 Å². The molecule has 0 aliphatic heterocycles. The molecule has 0 aromatic heterocycles. The van der Waals surface area contributed by atoms with Gasteiger partial charge in [0.1, 0.15) is 0 Å². The van der Waals surface area contributed by atoms with Gasteiger partial charge in [0.2, 0.25) is 0 Å². The fourth-order valence-electron chi connectivity index (χ4n) is 8.76. The van der Waals surface area contributed by atoms with Crippen LogP contribution in [0, 0.1) is 52.3 Å². The lowest BCUT2D eigenvalue weighted by atomic mass is 9.44. The van der Waals surface area contributed by atoms with Gasteiger partial charge in [-0.25, -0.2) is 0 Å². The molecule has 4 fully saturated rings. The molecule has 0 bridgehead atoms. The van der Waals surface area contributed by atoms with E-state index in [1.807, 2.05) is 7.11 Å². The van der Waals surface area contributed by atoms with E-state index in [9.17, 15) is 0 Å². The van der Waals surface area contributed by atoms with Crippen molar-refractivity contribution < 1.29 is 4.74 Å². The van der Waals surface area contributed by atoms with E-state index in [1.165, 1.54) is 63.5 Å². The van der Waals surface area contributed by atoms with Crippen molar-refractivity contribution in [3.05, 3.63) is 29.8 Å². The summed E-state index contributed by atoms with van der Waals surface area (Å²) in [6.07, 6.45) is 12.9. The number of fused-ring (bicyclic) bond motifs is 5. The molecule has 0 radical (unpaired) electrons. The summed E-state index contributed by atoms with van der Waals surface area (Å²) < 4.78 is 5.97. The van der Waals surface area contributed by atoms with Gasteiger partial charge in [-0.2, -0.15) is 0 Å². The molecule has 0 unspecified atom stereocenters. The number of hydrogen-bond donors (Lipinski definition) is 0. The predicted molar refractivity (Wildman–Crippen MR) is 134 cm³/mol. The van der Waals surface area contributed by atoms with E-state index in [1.54, 1.807) is 0 Å². The summed E-state index contributed by atoms with van der Waals surface area (Å²) in [6, 6.07) is 8.71. The van der Waals surface area contributed by atoms with Crippen LogP contribution in [0.4, 0.5) is 5.69 Å². The second-order valence-corrected chi connectivity index (χ2v) is 12.2. The lowest BCUT2D eigenvalue weighted by Crippen LogP contribution is -2.54. The number of rotatable bonds is 2. The summed E-state index contributed by atoms with van der Waals surface area (Å²) in [5.74, 6) is 11.4. The van der Waals surface area contributed by atoms with Crippen LogP contribution in [-0.2, 0) is 4.74 Å². The second-order valence-electron chi connectivity index (χ2n) is 12.2. The molecule has 0 heterocycles. The Morgan fingerprint density at radius 2 is 1.59 bits per heavy atom. The van der Waals surface area contributed by atoms with Crippen molar-refractivity contribution in [1.29, 1.82) is 0 Å². The number of methoxy groups -OCH3 is 1. The third kappa shape index (κ3) is 3.60. The zero-order valence-corrected chi connectivity index (χ0v) is 21.0. The van der Waals surface area contributed by atoms with Crippen LogP contribution in [0.25, 0.3) is 0 Å². The summed E-state index contributed by atoms with van der Waals surface area (Å²) in [7, 11) is 6.12. The number of nitrogens with zero attached hydrogens (tertiary/aromatic N) is 1. The highest BCUT2D eigenvalue weighted by atomic mass is 16.5. The molecule has 1 aromatic carbocycles. The molecule has 5 rings (SSSR count). The topological polar surface area (TPSA) is 12.5 Å². The molecule has 2 nitrogen and oxygen atoms in total. The van der Waals surface area contributed by atoms with Crippen LogP contribution in [0.15, 0.2) is 24.3 Å². The smallest absolute Gasteiger partial charge is 0.0627 e. The lowest BCUT2D eigenvalue weighted by molar-refractivity contribution is -0.128. The van der Waals surface area contributed by atoms with E-state index in [-0.39, 0.29) is 0 Å². The van der Waals surface area contributed by atoms with Crippen molar-refractivity contribution in [1.82, 2.24) is 0 Å². The Hall–Kier alpha value is -1.46. The maximum absolute atomic E-state index is 5.97. The van der Waals surface area contributed by atoms with Gasteiger partial charge in [0.25, 0.3) is 0 Å². The molecule has 8 atom stereocenters. The highest BCUT2D eigenvalue weighted by Gasteiger charge is 2.60. The molecule has 174 valence electrons. The SMILES string of the molecule is CO[C@H]1CC[C@H]2[C@@H]3CC[C@@H]4C[C@@H](C#Cc5ccc(N(C)C)cc5)CC[C@]4(C)[C@H]3CC[C@]12C. The minimum Gasteiger partial charge on any atom is -0.381 e. The molecule has 4 saturated carbocycles. The Morgan fingerprint density at radius 1 is 0.875 bits per heavy atom. The van der Waals surface area contributed by atoms with Gasteiger partial charge in [-0.1, -0.05) is 25.7 Å². The van der Waals surface area contributed by atoms with Crippen LogP contribution in [0.1, 0.15) is 77.2 Å². The quantitative estimate of drug-likeness (QED) is 0.477. The first-order valence-corrected chi connectivity index (χ1v) is 13.2. The predicted octanol–water partition coefficient (Wildman–Crippen LogP) is 6.78. The van der Waals surface area contributed by atoms with Crippen LogP contribution in [0.5, 0.6) is 0 Å². The maximum Gasteiger partial charge on any atom is 0.0627 e. The number of hydrogen-bond acceptors (Lipinski definition) is 2. The summed E-state index contributed by atoms with van der Waals surface area (Å²) in [5.41, 5.74) is 3.38. The minimum atomic E-state index is 0.434. The van der Waals surface area contributed by atoms with Crippen molar-refractivity contribution in [3.8, 4) is 11.8 Å². The fraction of sp³-hybridized carbons (Fsp3) is 0.733. The van der Waals surface area contributed by atoms with Gasteiger partial charge >= 0.3 is 0 Å². The van der Waals surface area contributed by atoms with Crippen LogP contribution < -0.4 is 4.90 Å². The molecule has 0 N–H and O–H groups in total. The Balaban J connectivity index is 1.27. The summed E-state index contributed by atoms with van der Waals surface area (Å²) in [4.78, 5) is 2.14. The van der Waals surface area contributed by atoms with E-state index in [0.717, 1.165) is 29.2 Å². The summed E-state index contributed by atoms with van der Waals surface area (Å²) in [5, 5.41) is 0. The highest BCUT2D eigenvalue weighted by Crippen LogP contribution is 2.66. The summed E-state index contributed by atoms with van der Waals surface area (Å²) >= 11 is 0. The lowest BCUT2D eigenvalue weighted by Gasteiger charge is -2.60. The highest BCUT2D eigenvalue weighted by molar-refractivity contribution is 5.49. The largest absolute Gasteiger partial charge is 0.381 e. The zero-order valence-electron chi connectivity index (χ0n) is 21.0. The fourth-order valence-corrected chi connectivity index (χ4v) is 8.76. The van der Waals surface area contributed by atoms with Gasteiger partial charge in [0.15, 0.2) is 0 Å². The Morgan fingerprint density at radius 3 is 2.31 bits per heavy atom. The molecule has 4 aliphatic rings. The van der Waals surface area contributed by atoms with Gasteiger partial charge < -0.3 is 9.64 Å². The van der Waals surface area contributed by atoms with E-state index < -0.39 is 0 Å². The molecule has 1 aromatic rings. The van der Waals surface area contributed by atoms with Gasteiger partial charge in [-0.15, -0.1) is 0 Å². The van der Waals surface area contributed by atoms with Crippen molar-refractivity contribution >= 4 is 5.69 Å². The third-order valence-electron chi connectivity index (χ3n) is 10.7. The van der Waals surface area contributed by atoms with Crippen LogP contribution in [-0.4, -0.2) is 27.3 Å². The van der Waals surface area contributed by atoms with Gasteiger partial charge in [-0.3, -0.25) is 0 Å². The first kappa shape index (κ1) is 22.3. The Bertz CT molecular complexity index is 878. The number of anilines is 1. The molecule has 32 heavy (non-hydrogen) atoms. The van der Waals surface area contributed by atoms with Gasteiger partial charge in [0.05, 0.1) is 6.10 Å². The Kier molecular flexibility index (Phi) is 5.86. The monoisotopic (exact) mass is 433 g/mol. The normalized spacial score (nSPS) is 42.8. The molecule has 2 heteroatoms. The van der Waals surface area contributed by atoms with Crippen LogP contribution >= 0.6 is 0 Å². The minimum absolute atomic E-state index is 0.434. The van der Waals surface area contributed by atoms with Crippen molar-refractivity contribution in [2.45, 2.75) is 77.7 Å². The standard InChI is InChI=1S/C30H43NO/c1-29-18-16-22(7-6-21-8-11-24(12-9-21)31(3)4)20-23(29)10-13-25-26-14-15-28(32-5)30(26,2)19-17-27(25)29/h8-9,11-12,22-23,25-28H,10,13-20H2,1-5H3/t22-,23+,25-,26-,27-,28-,29-,30-/m0/s1. The van der Waals surface area contributed by atoms with Crippen molar-refractivity contribution in [2.75, 3.05) is 26.1 Å². The van der Waals surface area contributed by atoms with Crippen molar-refractivity contribution in [3.63, 3.8) is 0 Å². The van der Waals surface area contributed by atoms with Gasteiger partial charge in [0, 0.05) is 38.4 Å². The van der Waals surface area contributed by atoms with Crippen molar-refractivity contribution in [2.24, 2.45) is 40.4 Å². The molecule has 0 spiro atoms. The molecule has 0 amide bonds. The third-order valence-corrected chi connectivity index (χ3v) is 10.7.